The minimum atomic E-state index is 0.0416. The molecule has 0 aliphatic carbocycles. The maximum atomic E-state index is 12.5. The van der Waals surface area contributed by atoms with Crippen molar-refractivity contribution in [2.24, 2.45) is 0 Å². The second-order valence-electron chi connectivity index (χ2n) is 5.22. The molecule has 4 nitrogen and oxygen atoms in total. The molecule has 0 spiro atoms. The van der Waals surface area contributed by atoms with Gasteiger partial charge in [0.25, 0.3) is 5.91 Å². The van der Waals surface area contributed by atoms with Gasteiger partial charge in [0.2, 0.25) is 0 Å². The van der Waals surface area contributed by atoms with E-state index in [2.05, 4.69) is 5.32 Å². The molecule has 1 heterocycles. The molecule has 1 aromatic rings. The average Bonchev–Trinajstić information content (AvgIpc) is 2.85. The molecule has 2 N–H and O–H groups in total. The Morgan fingerprint density at radius 2 is 2.26 bits per heavy atom. The van der Waals surface area contributed by atoms with Crippen molar-refractivity contribution >= 4 is 11.6 Å². The highest BCUT2D eigenvalue weighted by Crippen LogP contribution is 2.24. The van der Waals surface area contributed by atoms with Gasteiger partial charge in [-0.15, -0.1) is 0 Å². The summed E-state index contributed by atoms with van der Waals surface area (Å²) in [5.41, 5.74) is 3.08. The number of aliphatic hydroxyl groups is 1. The molecule has 0 aromatic heterocycles. The molecule has 1 aliphatic rings. The van der Waals surface area contributed by atoms with E-state index in [1.807, 2.05) is 36.9 Å². The van der Waals surface area contributed by atoms with Gasteiger partial charge in [-0.2, -0.15) is 0 Å². The fraction of sp³-hybridized carbons (Fsp3) is 0.533. The summed E-state index contributed by atoms with van der Waals surface area (Å²) in [6, 6.07) is 6.02. The molecule has 104 valence electrons. The molecule has 0 saturated heterocycles. The van der Waals surface area contributed by atoms with Crippen molar-refractivity contribution < 1.29 is 9.90 Å². The third-order valence-electron chi connectivity index (χ3n) is 3.51. The van der Waals surface area contributed by atoms with Crippen LogP contribution in [-0.2, 0) is 6.42 Å². The number of anilines is 1. The van der Waals surface area contributed by atoms with E-state index in [4.69, 9.17) is 5.11 Å². The number of carbonyl (C=O) groups excluding carboxylic acids is 1. The summed E-state index contributed by atoms with van der Waals surface area (Å²) in [4.78, 5) is 14.3. The third-order valence-corrected chi connectivity index (χ3v) is 3.51. The summed E-state index contributed by atoms with van der Waals surface area (Å²) >= 11 is 0. The van der Waals surface area contributed by atoms with E-state index in [0.29, 0.717) is 13.0 Å². The molecule has 0 radical (unpaired) electrons. The largest absolute Gasteiger partial charge is 0.396 e. The Balaban J connectivity index is 2.16. The van der Waals surface area contributed by atoms with Gasteiger partial charge in [0.15, 0.2) is 0 Å². The zero-order valence-corrected chi connectivity index (χ0v) is 11.6. The number of nitrogens with one attached hydrogen (secondary N) is 1. The highest BCUT2D eigenvalue weighted by Gasteiger charge is 2.20. The maximum Gasteiger partial charge on any atom is 0.254 e. The molecular formula is C15H22N2O2. The van der Waals surface area contributed by atoms with Gasteiger partial charge in [-0.25, -0.2) is 0 Å². The van der Waals surface area contributed by atoms with E-state index in [1.165, 1.54) is 5.56 Å². The first kappa shape index (κ1) is 13.9. The van der Waals surface area contributed by atoms with Crippen molar-refractivity contribution in [3.05, 3.63) is 29.3 Å². The lowest BCUT2D eigenvalue weighted by molar-refractivity contribution is 0.0693. The number of amides is 1. The molecule has 0 saturated carbocycles. The molecule has 0 atom stereocenters. The molecule has 2 rings (SSSR count). The van der Waals surface area contributed by atoms with Gasteiger partial charge in [0.1, 0.15) is 0 Å². The van der Waals surface area contributed by atoms with Crippen LogP contribution in [0.3, 0.4) is 0 Å². The second kappa shape index (κ2) is 6.06. The van der Waals surface area contributed by atoms with E-state index >= 15 is 0 Å². The molecule has 1 amide bonds. The van der Waals surface area contributed by atoms with E-state index < -0.39 is 0 Å². The number of carbonyl (C=O) groups is 1. The fourth-order valence-electron chi connectivity index (χ4n) is 2.43. The lowest BCUT2D eigenvalue weighted by Crippen LogP contribution is -2.38. The number of nitrogens with zero attached hydrogens (tertiary/aromatic N) is 1. The summed E-state index contributed by atoms with van der Waals surface area (Å²) in [5, 5.41) is 12.2. The SMILES string of the molecule is CC(C)N(CCCO)C(=O)c1ccc2c(c1)NCC2. The van der Waals surface area contributed by atoms with Gasteiger partial charge < -0.3 is 15.3 Å². The van der Waals surface area contributed by atoms with Gasteiger partial charge >= 0.3 is 0 Å². The lowest BCUT2D eigenvalue weighted by atomic mass is 10.1. The summed E-state index contributed by atoms with van der Waals surface area (Å²) in [6.07, 6.45) is 1.65. The monoisotopic (exact) mass is 262 g/mol. The van der Waals surface area contributed by atoms with E-state index in [-0.39, 0.29) is 18.6 Å². The standard InChI is InChI=1S/C15H22N2O2/c1-11(2)17(8-3-9-18)15(19)13-5-4-12-6-7-16-14(12)10-13/h4-5,10-11,16,18H,3,6-9H2,1-2H3. The Kier molecular flexibility index (Phi) is 4.43. The van der Waals surface area contributed by atoms with Crippen LogP contribution in [-0.4, -0.2) is 41.7 Å². The molecule has 0 unspecified atom stereocenters. The van der Waals surface area contributed by atoms with Crippen molar-refractivity contribution in [3.8, 4) is 0 Å². The predicted octanol–water partition coefficient (Wildman–Crippen LogP) is 1.89. The summed E-state index contributed by atoms with van der Waals surface area (Å²) in [7, 11) is 0. The van der Waals surface area contributed by atoms with Crippen LogP contribution in [0.1, 0.15) is 36.2 Å². The molecule has 0 bridgehead atoms. The molecular weight excluding hydrogens is 240 g/mol. The third kappa shape index (κ3) is 3.07. The van der Waals surface area contributed by atoms with E-state index in [0.717, 1.165) is 24.2 Å². The lowest BCUT2D eigenvalue weighted by Gasteiger charge is -2.26. The number of rotatable bonds is 5. The summed E-state index contributed by atoms with van der Waals surface area (Å²) < 4.78 is 0. The number of benzene rings is 1. The zero-order chi connectivity index (χ0) is 13.8. The Labute approximate surface area is 114 Å². The first-order valence-electron chi connectivity index (χ1n) is 6.92. The summed E-state index contributed by atoms with van der Waals surface area (Å²) in [6.45, 7) is 5.66. The van der Waals surface area contributed by atoms with E-state index in [1.54, 1.807) is 0 Å². The topological polar surface area (TPSA) is 52.6 Å². The van der Waals surface area contributed by atoms with Crippen molar-refractivity contribution in [2.45, 2.75) is 32.7 Å². The van der Waals surface area contributed by atoms with Gasteiger partial charge in [-0.1, -0.05) is 6.07 Å². The Bertz CT molecular complexity index is 457. The zero-order valence-electron chi connectivity index (χ0n) is 11.6. The average molecular weight is 262 g/mol. The Hall–Kier alpha value is -1.55. The molecule has 1 aromatic carbocycles. The second-order valence-corrected chi connectivity index (χ2v) is 5.22. The molecule has 4 heteroatoms. The normalized spacial score (nSPS) is 13.3. The van der Waals surface area contributed by atoms with Crippen LogP contribution in [0.2, 0.25) is 0 Å². The van der Waals surface area contributed by atoms with Gasteiger partial charge in [0.05, 0.1) is 0 Å². The van der Waals surface area contributed by atoms with Gasteiger partial charge in [-0.05, 0) is 44.4 Å². The molecule has 0 fully saturated rings. The summed E-state index contributed by atoms with van der Waals surface area (Å²) in [5.74, 6) is 0.0416. The molecule has 1 aliphatic heterocycles. The van der Waals surface area contributed by atoms with Crippen LogP contribution in [0.5, 0.6) is 0 Å². The van der Waals surface area contributed by atoms with Gasteiger partial charge in [0, 0.05) is 37.0 Å². The predicted molar refractivity (Wildman–Crippen MR) is 76.5 cm³/mol. The quantitative estimate of drug-likeness (QED) is 0.852. The Morgan fingerprint density at radius 3 is 2.95 bits per heavy atom. The molecule has 19 heavy (non-hydrogen) atoms. The number of fused-ring (bicyclic) bond motifs is 1. The van der Waals surface area contributed by atoms with Crippen LogP contribution >= 0.6 is 0 Å². The van der Waals surface area contributed by atoms with Crippen molar-refractivity contribution in [3.63, 3.8) is 0 Å². The van der Waals surface area contributed by atoms with Crippen LogP contribution in [0, 0.1) is 0 Å². The van der Waals surface area contributed by atoms with Crippen molar-refractivity contribution in [1.29, 1.82) is 0 Å². The van der Waals surface area contributed by atoms with Crippen LogP contribution in [0.15, 0.2) is 18.2 Å². The highest BCUT2D eigenvalue weighted by atomic mass is 16.3. The Morgan fingerprint density at radius 1 is 1.47 bits per heavy atom. The fourth-order valence-corrected chi connectivity index (χ4v) is 2.43. The maximum absolute atomic E-state index is 12.5. The van der Waals surface area contributed by atoms with Crippen molar-refractivity contribution in [1.82, 2.24) is 4.90 Å². The van der Waals surface area contributed by atoms with E-state index in [9.17, 15) is 4.79 Å². The highest BCUT2D eigenvalue weighted by molar-refractivity contribution is 5.95. The first-order valence-corrected chi connectivity index (χ1v) is 6.92. The number of aliphatic hydroxyl groups excluding tert-OH is 1. The smallest absolute Gasteiger partial charge is 0.254 e. The van der Waals surface area contributed by atoms with Crippen LogP contribution < -0.4 is 5.32 Å². The minimum Gasteiger partial charge on any atom is -0.396 e. The number of hydrogen-bond acceptors (Lipinski definition) is 3. The van der Waals surface area contributed by atoms with Gasteiger partial charge in [-0.3, -0.25) is 4.79 Å². The first-order chi connectivity index (χ1) is 9.13. The van der Waals surface area contributed by atoms with Crippen LogP contribution in [0.25, 0.3) is 0 Å². The minimum absolute atomic E-state index is 0.0416. The van der Waals surface area contributed by atoms with Crippen molar-refractivity contribution in [2.75, 3.05) is 25.0 Å². The van der Waals surface area contributed by atoms with Crippen LogP contribution in [0.4, 0.5) is 5.69 Å². The number of hydrogen-bond donors (Lipinski definition) is 2.